The first-order valence-corrected chi connectivity index (χ1v) is 7.35. The Kier molecular flexibility index (Phi) is 5.07. The van der Waals surface area contributed by atoms with E-state index in [9.17, 15) is 0 Å². The molecule has 1 aromatic carbocycles. The average molecular weight is 276 g/mol. The van der Waals surface area contributed by atoms with Crippen molar-refractivity contribution in [1.82, 2.24) is 10.3 Å². The van der Waals surface area contributed by atoms with Crippen LogP contribution in [0.2, 0.25) is 0 Å². The van der Waals surface area contributed by atoms with Crippen LogP contribution < -0.4 is 5.32 Å². The van der Waals surface area contributed by atoms with Crippen LogP contribution in [-0.4, -0.2) is 18.6 Å². The van der Waals surface area contributed by atoms with E-state index in [1.165, 1.54) is 11.1 Å². The lowest BCUT2D eigenvalue weighted by atomic mass is 10.0. The van der Waals surface area contributed by atoms with Crippen LogP contribution in [0.1, 0.15) is 34.8 Å². The number of nitrogens with one attached hydrogen (secondary N) is 1. The molecule has 4 heteroatoms. The Morgan fingerprint density at radius 3 is 2.89 bits per heavy atom. The van der Waals surface area contributed by atoms with Crippen LogP contribution in [0.3, 0.4) is 0 Å². The predicted octanol–water partition coefficient (Wildman–Crippen LogP) is 3.30. The quantitative estimate of drug-likeness (QED) is 0.879. The summed E-state index contributed by atoms with van der Waals surface area (Å²) in [4.78, 5) is 4.61. The van der Waals surface area contributed by atoms with E-state index >= 15 is 0 Å². The van der Waals surface area contributed by atoms with Gasteiger partial charge in [0.1, 0.15) is 5.01 Å². The molecule has 2 aromatic rings. The fourth-order valence-electron chi connectivity index (χ4n) is 2.09. The van der Waals surface area contributed by atoms with Crippen LogP contribution in [0.4, 0.5) is 0 Å². The molecule has 0 aliphatic rings. The zero-order valence-electron chi connectivity index (χ0n) is 11.6. The maximum atomic E-state index is 5.20. The van der Waals surface area contributed by atoms with Crippen molar-refractivity contribution in [3.05, 3.63) is 51.5 Å². The van der Waals surface area contributed by atoms with Gasteiger partial charge in [-0.1, -0.05) is 31.2 Å². The molecule has 19 heavy (non-hydrogen) atoms. The van der Waals surface area contributed by atoms with Crippen LogP contribution in [-0.2, 0) is 11.3 Å². The summed E-state index contributed by atoms with van der Waals surface area (Å²) in [6.45, 7) is 5.71. The van der Waals surface area contributed by atoms with E-state index in [0.717, 1.165) is 17.2 Å². The molecule has 0 saturated carbocycles. The fraction of sp³-hybridized carbons (Fsp3) is 0.400. The van der Waals surface area contributed by atoms with Gasteiger partial charge >= 0.3 is 0 Å². The van der Waals surface area contributed by atoms with E-state index in [2.05, 4.69) is 46.9 Å². The highest BCUT2D eigenvalue weighted by atomic mass is 32.1. The van der Waals surface area contributed by atoms with Gasteiger partial charge in [-0.2, -0.15) is 0 Å². The lowest BCUT2D eigenvalue weighted by Gasteiger charge is -2.16. The second-order valence-electron chi connectivity index (χ2n) is 4.50. The number of nitrogens with zero attached hydrogens (tertiary/aromatic N) is 1. The Morgan fingerprint density at radius 2 is 2.26 bits per heavy atom. The largest absolute Gasteiger partial charge is 0.380 e. The molecule has 0 bridgehead atoms. The molecular weight excluding hydrogens is 256 g/mol. The van der Waals surface area contributed by atoms with Gasteiger partial charge in [0.15, 0.2) is 0 Å². The number of hydrogen-bond donors (Lipinski definition) is 1. The predicted molar refractivity (Wildman–Crippen MR) is 79.5 cm³/mol. The summed E-state index contributed by atoms with van der Waals surface area (Å²) >= 11 is 1.71. The fourth-order valence-corrected chi connectivity index (χ4v) is 2.98. The minimum atomic E-state index is 0.167. The van der Waals surface area contributed by atoms with Crippen molar-refractivity contribution in [2.75, 3.05) is 13.7 Å². The molecule has 1 aromatic heterocycles. The lowest BCUT2D eigenvalue weighted by molar-refractivity contribution is 0.185. The SMILES string of the molecule is CCNC(c1cccc(COC)c1)c1nc(C)cs1. The highest BCUT2D eigenvalue weighted by Crippen LogP contribution is 2.25. The Hall–Kier alpha value is -1.23. The van der Waals surface area contributed by atoms with Crippen LogP contribution >= 0.6 is 11.3 Å². The smallest absolute Gasteiger partial charge is 0.114 e. The number of benzene rings is 1. The van der Waals surface area contributed by atoms with Crippen molar-refractivity contribution in [2.24, 2.45) is 0 Å². The van der Waals surface area contributed by atoms with Gasteiger partial charge in [0.25, 0.3) is 0 Å². The summed E-state index contributed by atoms with van der Waals surface area (Å²) in [5, 5.41) is 6.72. The normalized spacial score (nSPS) is 12.6. The molecular formula is C15H20N2OS. The molecule has 0 radical (unpaired) electrons. The van der Waals surface area contributed by atoms with E-state index in [-0.39, 0.29) is 6.04 Å². The first kappa shape index (κ1) is 14.2. The van der Waals surface area contributed by atoms with E-state index in [4.69, 9.17) is 4.74 Å². The van der Waals surface area contributed by atoms with Crippen molar-refractivity contribution in [2.45, 2.75) is 26.5 Å². The molecule has 3 nitrogen and oxygen atoms in total. The van der Waals surface area contributed by atoms with Crippen LogP contribution in [0.5, 0.6) is 0 Å². The maximum Gasteiger partial charge on any atom is 0.114 e. The topological polar surface area (TPSA) is 34.1 Å². The van der Waals surface area contributed by atoms with Crippen molar-refractivity contribution in [3.63, 3.8) is 0 Å². The standard InChI is InChI=1S/C15H20N2OS/c1-4-16-14(15-17-11(2)10-19-15)13-7-5-6-12(8-13)9-18-3/h5-8,10,14,16H,4,9H2,1-3H3. The summed E-state index contributed by atoms with van der Waals surface area (Å²) in [5.41, 5.74) is 3.51. The Bertz CT molecular complexity index is 524. The molecule has 2 rings (SSSR count). The number of ether oxygens (including phenoxy) is 1. The van der Waals surface area contributed by atoms with E-state index in [1.54, 1.807) is 18.4 Å². The van der Waals surface area contributed by atoms with Gasteiger partial charge in [-0.3, -0.25) is 0 Å². The highest BCUT2D eigenvalue weighted by Gasteiger charge is 2.16. The van der Waals surface area contributed by atoms with Crippen LogP contribution in [0, 0.1) is 6.92 Å². The molecule has 0 fully saturated rings. The third-order valence-electron chi connectivity index (χ3n) is 2.89. The third-order valence-corrected chi connectivity index (χ3v) is 3.91. The monoisotopic (exact) mass is 276 g/mol. The molecule has 1 heterocycles. The lowest BCUT2D eigenvalue weighted by Crippen LogP contribution is -2.22. The van der Waals surface area contributed by atoms with Crippen molar-refractivity contribution in [1.29, 1.82) is 0 Å². The molecule has 0 aliphatic heterocycles. The Balaban J connectivity index is 2.30. The highest BCUT2D eigenvalue weighted by molar-refractivity contribution is 7.09. The second kappa shape index (κ2) is 6.80. The summed E-state index contributed by atoms with van der Waals surface area (Å²) < 4.78 is 5.20. The molecule has 1 atom stereocenters. The molecule has 0 aliphatic carbocycles. The zero-order chi connectivity index (χ0) is 13.7. The Labute approximate surface area is 118 Å². The minimum Gasteiger partial charge on any atom is -0.380 e. The van der Waals surface area contributed by atoms with Gasteiger partial charge in [0, 0.05) is 18.2 Å². The van der Waals surface area contributed by atoms with Gasteiger partial charge in [0.2, 0.25) is 0 Å². The molecule has 0 saturated heterocycles. The maximum absolute atomic E-state index is 5.20. The molecule has 102 valence electrons. The van der Waals surface area contributed by atoms with Gasteiger partial charge < -0.3 is 10.1 Å². The summed E-state index contributed by atoms with van der Waals surface area (Å²) in [6.07, 6.45) is 0. The summed E-state index contributed by atoms with van der Waals surface area (Å²) in [7, 11) is 1.72. The van der Waals surface area contributed by atoms with E-state index in [0.29, 0.717) is 6.61 Å². The third kappa shape index (κ3) is 3.62. The van der Waals surface area contributed by atoms with E-state index < -0.39 is 0 Å². The Morgan fingerprint density at radius 1 is 1.42 bits per heavy atom. The number of rotatable bonds is 6. The average Bonchev–Trinajstić information content (AvgIpc) is 2.83. The molecule has 0 spiro atoms. The minimum absolute atomic E-state index is 0.167. The van der Waals surface area contributed by atoms with Crippen molar-refractivity contribution in [3.8, 4) is 0 Å². The van der Waals surface area contributed by atoms with Gasteiger partial charge in [-0.15, -0.1) is 11.3 Å². The van der Waals surface area contributed by atoms with Gasteiger partial charge in [-0.25, -0.2) is 4.98 Å². The molecule has 0 amide bonds. The number of thiazole rings is 1. The number of aromatic nitrogens is 1. The van der Waals surface area contributed by atoms with Crippen LogP contribution in [0.25, 0.3) is 0 Å². The molecule has 1 unspecified atom stereocenters. The zero-order valence-corrected chi connectivity index (χ0v) is 12.5. The van der Waals surface area contributed by atoms with Crippen molar-refractivity contribution >= 4 is 11.3 Å². The number of methoxy groups -OCH3 is 1. The van der Waals surface area contributed by atoms with Crippen molar-refractivity contribution < 1.29 is 4.74 Å². The van der Waals surface area contributed by atoms with E-state index in [1.807, 2.05) is 6.92 Å². The molecule has 1 N–H and O–H groups in total. The second-order valence-corrected chi connectivity index (χ2v) is 5.39. The first-order valence-electron chi connectivity index (χ1n) is 6.47. The number of aryl methyl sites for hydroxylation is 1. The summed E-state index contributed by atoms with van der Waals surface area (Å²) in [6, 6.07) is 8.66. The van der Waals surface area contributed by atoms with Gasteiger partial charge in [-0.05, 0) is 24.6 Å². The van der Waals surface area contributed by atoms with Crippen LogP contribution in [0.15, 0.2) is 29.6 Å². The van der Waals surface area contributed by atoms with Gasteiger partial charge in [0.05, 0.1) is 12.6 Å². The summed E-state index contributed by atoms with van der Waals surface area (Å²) in [5.74, 6) is 0. The first-order chi connectivity index (χ1) is 9.24. The number of hydrogen-bond acceptors (Lipinski definition) is 4.